The summed E-state index contributed by atoms with van der Waals surface area (Å²) in [6.07, 6.45) is 1.74. The van der Waals surface area contributed by atoms with Crippen molar-refractivity contribution < 1.29 is 9.53 Å². The molecule has 3 aromatic rings. The number of halogens is 1. The molecule has 0 spiro atoms. The molecule has 0 unspecified atom stereocenters. The number of benzene rings is 1. The van der Waals surface area contributed by atoms with Gasteiger partial charge in [0.25, 0.3) is 5.91 Å². The molecular formula is C21H24BrN3O2S. The van der Waals surface area contributed by atoms with Gasteiger partial charge in [-0.1, -0.05) is 17.7 Å². The van der Waals surface area contributed by atoms with Crippen molar-refractivity contribution in [1.29, 1.82) is 0 Å². The van der Waals surface area contributed by atoms with Crippen molar-refractivity contribution in [1.82, 2.24) is 14.7 Å². The standard InChI is InChI=1S/C21H24BrN3O2S/c1-13-6-14(2)20(15(3)7-13)27-11-16-8-19(28-12-16)21(26)24(4)10-18-17(22)9-23-25(18)5/h6-9,12H,10-11H2,1-5H3. The van der Waals surface area contributed by atoms with Crippen molar-refractivity contribution in [2.75, 3.05) is 7.05 Å². The van der Waals surface area contributed by atoms with Crippen LogP contribution in [0.3, 0.4) is 0 Å². The van der Waals surface area contributed by atoms with Gasteiger partial charge in [0.1, 0.15) is 12.4 Å². The molecule has 1 aromatic carbocycles. The van der Waals surface area contributed by atoms with Crippen LogP contribution in [0.15, 0.2) is 34.2 Å². The third-order valence-electron chi connectivity index (χ3n) is 4.60. The van der Waals surface area contributed by atoms with Gasteiger partial charge in [0.15, 0.2) is 0 Å². The Morgan fingerprint density at radius 1 is 1.25 bits per heavy atom. The number of hydrogen-bond donors (Lipinski definition) is 0. The SMILES string of the molecule is Cc1cc(C)c(OCc2csc(C(=O)N(C)Cc3c(Br)cnn3C)c2)c(C)c1. The number of carbonyl (C=O) groups excluding carboxylic acids is 1. The number of amides is 1. The van der Waals surface area contributed by atoms with E-state index in [0.717, 1.165) is 32.6 Å². The number of hydrogen-bond acceptors (Lipinski definition) is 4. The smallest absolute Gasteiger partial charge is 0.264 e. The Hall–Kier alpha value is -2.12. The van der Waals surface area contributed by atoms with Crippen molar-refractivity contribution in [2.45, 2.75) is 33.9 Å². The molecule has 28 heavy (non-hydrogen) atoms. The number of nitrogens with zero attached hydrogens (tertiary/aromatic N) is 3. The fourth-order valence-electron chi connectivity index (χ4n) is 3.21. The summed E-state index contributed by atoms with van der Waals surface area (Å²) in [6.45, 7) is 7.14. The van der Waals surface area contributed by atoms with E-state index in [1.165, 1.54) is 16.9 Å². The van der Waals surface area contributed by atoms with Gasteiger partial charge in [0.2, 0.25) is 0 Å². The fourth-order valence-corrected chi connectivity index (χ4v) is 4.58. The topological polar surface area (TPSA) is 47.4 Å². The minimum Gasteiger partial charge on any atom is -0.488 e. The predicted octanol–water partition coefficient (Wildman–Crippen LogP) is 5.02. The highest BCUT2D eigenvalue weighted by Crippen LogP contribution is 2.27. The van der Waals surface area contributed by atoms with Crippen LogP contribution in [-0.2, 0) is 20.2 Å². The molecule has 0 fully saturated rings. The molecule has 0 bridgehead atoms. The largest absolute Gasteiger partial charge is 0.488 e. The van der Waals surface area contributed by atoms with Crippen molar-refractivity contribution in [2.24, 2.45) is 7.05 Å². The van der Waals surface area contributed by atoms with Crippen LogP contribution in [0.2, 0.25) is 0 Å². The van der Waals surface area contributed by atoms with Gasteiger partial charge in [0, 0.05) is 19.7 Å². The molecule has 0 N–H and O–H groups in total. The number of carbonyl (C=O) groups is 1. The Balaban J connectivity index is 1.66. The van der Waals surface area contributed by atoms with Gasteiger partial charge in [-0.25, -0.2) is 0 Å². The quantitative estimate of drug-likeness (QED) is 0.517. The zero-order valence-corrected chi connectivity index (χ0v) is 19.1. The number of ether oxygens (including phenoxy) is 1. The van der Waals surface area contributed by atoms with Crippen LogP contribution < -0.4 is 4.74 Å². The van der Waals surface area contributed by atoms with Gasteiger partial charge in [-0.05, 0) is 59.3 Å². The van der Waals surface area contributed by atoms with Gasteiger partial charge in [-0.15, -0.1) is 11.3 Å². The lowest BCUT2D eigenvalue weighted by atomic mass is 10.1. The zero-order chi connectivity index (χ0) is 20.4. The Labute approximate surface area is 178 Å². The maximum Gasteiger partial charge on any atom is 0.264 e. The molecule has 2 aromatic heterocycles. The highest BCUT2D eigenvalue weighted by molar-refractivity contribution is 9.10. The number of aromatic nitrogens is 2. The third-order valence-corrected chi connectivity index (χ3v) is 6.23. The summed E-state index contributed by atoms with van der Waals surface area (Å²) in [5, 5.41) is 6.18. The monoisotopic (exact) mass is 461 g/mol. The average molecular weight is 462 g/mol. The lowest BCUT2D eigenvalue weighted by Crippen LogP contribution is -2.26. The maximum absolute atomic E-state index is 12.8. The minimum atomic E-state index is -0.00736. The van der Waals surface area contributed by atoms with Gasteiger partial charge in [0.05, 0.1) is 27.8 Å². The summed E-state index contributed by atoms with van der Waals surface area (Å²) in [4.78, 5) is 15.2. The summed E-state index contributed by atoms with van der Waals surface area (Å²) in [6, 6.07) is 6.16. The van der Waals surface area contributed by atoms with E-state index in [2.05, 4.69) is 53.9 Å². The van der Waals surface area contributed by atoms with Crippen molar-refractivity contribution in [3.05, 3.63) is 67.1 Å². The first kappa shape index (κ1) is 20.6. The van der Waals surface area contributed by atoms with E-state index >= 15 is 0 Å². The van der Waals surface area contributed by atoms with Crippen LogP contribution >= 0.6 is 27.3 Å². The van der Waals surface area contributed by atoms with Crippen molar-refractivity contribution >= 4 is 33.2 Å². The molecule has 2 heterocycles. The lowest BCUT2D eigenvalue weighted by molar-refractivity contribution is 0.0786. The van der Waals surface area contributed by atoms with E-state index in [4.69, 9.17) is 4.74 Å². The van der Waals surface area contributed by atoms with Crippen LogP contribution in [0, 0.1) is 20.8 Å². The van der Waals surface area contributed by atoms with E-state index in [1.807, 2.05) is 18.5 Å². The Bertz CT molecular complexity index is 966. The summed E-state index contributed by atoms with van der Waals surface area (Å²) < 4.78 is 8.72. The molecule has 7 heteroatoms. The van der Waals surface area contributed by atoms with Crippen molar-refractivity contribution in [3.63, 3.8) is 0 Å². The number of thiophene rings is 1. The van der Waals surface area contributed by atoms with E-state index in [9.17, 15) is 4.79 Å². The Morgan fingerprint density at radius 3 is 2.54 bits per heavy atom. The molecule has 0 atom stereocenters. The third kappa shape index (κ3) is 4.47. The molecule has 1 amide bonds. The molecule has 0 aliphatic heterocycles. The molecule has 148 valence electrons. The van der Waals surface area contributed by atoms with Gasteiger partial charge < -0.3 is 9.64 Å². The number of rotatable bonds is 6. The summed E-state index contributed by atoms with van der Waals surface area (Å²) in [5.74, 6) is 0.912. The Kier molecular flexibility index (Phi) is 6.25. The first-order chi connectivity index (χ1) is 13.3. The number of aryl methyl sites for hydroxylation is 4. The minimum absolute atomic E-state index is 0.00736. The molecule has 5 nitrogen and oxygen atoms in total. The van der Waals surface area contributed by atoms with Crippen LogP contribution in [0.4, 0.5) is 0 Å². The predicted molar refractivity (Wildman–Crippen MR) is 116 cm³/mol. The van der Waals surface area contributed by atoms with Crippen LogP contribution in [0.1, 0.15) is 37.6 Å². The second kappa shape index (κ2) is 8.49. The molecule has 0 saturated heterocycles. The first-order valence-electron chi connectivity index (χ1n) is 8.96. The second-order valence-corrected chi connectivity index (χ2v) is 8.83. The maximum atomic E-state index is 12.8. The normalized spacial score (nSPS) is 10.9. The second-order valence-electron chi connectivity index (χ2n) is 7.06. The fraction of sp³-hybridized carbons (Fsp3) is 0.333. The summed E-state index contributed by atoms with van der Waals surface area (Å²) in [5.41, 5.74) is 5.45. The van der Waals surface area contributed by atoms with Crippen LogP contribution in [0.25, 0.3) is 0 Å². The van der Waals surface area contributed by atoms with E-state index < -0.39 is 0 Å². The van der Waals surface area contributed by atoms with E-state index in [1.54, 1.807) is 22.8 Å². The van der Waals surface area contributed by atoms with Crippen LogP contribution in [-0.4, -0.2) is 27.6 Å². The summed E-state index contributed by atoms with van der Waals surface area (Å²) >= 11 is 4.93. The highest BCUT2D eigenvalue weighted by atomic mass is 79.9. The first-order valence-corrected chi connectivity index (χ1v) is 10.6. The molecule has 0 aliphatic carbocycles. The molecule has 3 rings (SSSR count). The summed E-state index contributed by atoms with van der Waals surface area (Å²) in [7, 11) is 3.67. The Morgan fingerprint density at radius 2 is 1.93 bits per heavy atom. The van der Waals surface area contributed by atoms with Gasteiger partial charge in [-0.3, -0.25) is 9.48 Å². The molecule has 0 radical (unpaired) electrons. The highest BCUT2D eigenvalue weighted by Gasteiger charge is 2.18. The van der Waals surface area contributed by atoms with Gasteiger partial charge in [-0.2, -0.15) is 5.10 Å². The van der Waals surface area contributed by atoms with E-state index in [-0.39, 0.29) is 5.91 Å². The molecular weight excluding hydrogens is 438 g/mol. The van der Waals surface area contributed by atoms with Crippen LogP contribution in [0.5, 0.6) is 5.75 Å². The molecule has 0 aliphatic rings. The van der Waals surface area contributed by atoms with Gasteiger partial charge >= 0.3 is 0 Å². The molecule has 0 saturated carbocycles. The van der Waals surface area contributed by atoms with E-state index in [0.29, 0.717) is 18.0 Å². The lowest BCUT2D eigenvalue weighted by Gasteiger charge is -2.16. The zero-order valence-electron chi connectivity index (χ0n) is 16.7. The van der Waals surface area contributed by atoms with Crippen molar-refractivity contribution in [3.8, 4) is 5.75 Å². The average Bonchev–Trinajstić information content (AvgIpc) is 3.22.